The average molecular weight is 258 g/mol. The van der Waals surface area contributed by atoms with Gasteiger partial charge in [-0.25, -0.2) is 0 Å². The molecule has 4 nitrogen and oxygen atoms in total. The van der Waals surface area contributed by atoms with E-state index in [1.54, 1.807) is 11.0 Å². The summed E-state index contributed by atoms with van der Waals surface area (Å²) in [5.74, 6) is -0.166. The number of benzene rings is 1. The second-order valence-electron chi connectivity index (χ2n) is 4.49. The van der Waals surface area contributed by atoms with Crippen LogP contribution in [0.1, 0.15) is 18.9 Å². The summed E-state index contributed by atoms with van der Waals surface area (Å²) in [6, 6.07) is 9.30. The van der Waals surface area contributed by atoms with Crippen LogP contribution in [0.2, 0.25) is 0 Å². The first-order chi connectivity index (χ1) is 9.22. The summed E-state index contributed by atoms with van der Waals surface area (Å²) in [6.07, 6.45) is 3.95. The SMILES string of the molecule is CC[C@@H]1C(=O)NCCN1C(=O)/C=C/c1ccccc1. The first-order valence-electron chi connectivity index (χ1n) is 6.54. The zero-order valence-electron chi connectivity index (χ0n) is 11.0. The predicted octanol–water partition coefficient (Wildman–Crippen LogP) is 1.44. The van der Waals surface area contributed by atoms with Crippen LogP contribution in [-0.4, -0.2) is 35.8 Å². The molecule has 0 bridgehead atoms. The zero-order chi connectivity index (χ0) is 13.7. The topological polar surface area (TPSA) is 49.4 Å². The minimum Gasteiger partial charge on any atom is -0.353 e. The van der Waals surface area contributed by atoms with Crippen LogP contribution in [0.15, 0.2) is 36.4 Å². The molecule has 1 atom stereocenters. The summed E-state index contributed by atoms with van der Waals surface area (Å²) in [6.45, 7) is 3.01. The molecule has 19 heavy (non-hydrogen) atoms. The van der Waals surface area contributed by atoms with Crippen molar-refractivity contribution in [2.45, 2.75) is 19.4 Å². The molecule has 1 fully saturated rings. The minimum atomic E-state index is -0.346. The number of hydrogen-bond donors (Lipinski definition) is 1. The molecule has 2 amide bonds. The van der Waals surface area contributed by atoms with Crippen LogP contribution >= 0.6 is 0 Å². The molecule has 1 N–H and O–H groups in total. The molecule has 1 aliphatic heterocycles. The number of nitrogens with one attached hydrogen (secondary N) is 1. The molecular weight excluding hydrogens is 240 g/mol. The number of piperazine rings is 1. The molecule has 1 aromatic rings. The second-order valence-corrected chi connectivity index (χ2v) is 4.49. The fourth-order valence-corrected chi connectivity index (χ4v) is 2.21. The molecule has 2 rings (SSSR count). The van der Waals surface area contributed by atoms with Crippen molar-refractivity contribution in [1.29, 1.82) is 0 Å². The van der Waals surface area contributed by atoms with E-state index in [9.17, 15) is 9.59 Å². The third kappa shape index (κ3) is 3.22. The third-order valence-corrected chi connectivity index (χ3v) is 3.22. The van der Waals surface area contributed by atoms with E-state index >= 15 is 0 Å². The van der Waals surface area contributed by atoms with Crippen molar-refractivity contribution >= 4 is 17.9 Å². The van der Waals surface area contributed by atoms with Crippen molar-refractivity contribution in [2.75, 3.05) is 13.1 Å². The summed E-state index contributed by atoms with van der Waals surface area (Å²) in [4.78, 5) is 25.5. The Balaban J connectivity index is 2.06. The van der Waals surface area contributed by atoms with Crippen molar-refractivity contribution in [1.82, 2.24) is 10.2 Å². The van der Waals surface area contributed by atoms with Gasteiger partial charge in [0.25, 0.3) is 0 Å². The molecule has 0 aromatic heterocycles. The average Bonchev–Trinajstić information content (AvgIpc) is 2.45. The quantitative estimate of drug-likeness (QED) is 0.834. The molecule has 0 saturated carbocycles. The Bertz CT molecular complexity index is 482. The van der Waals surface area contributed by atoms with Crippen LogP contribution in [-0.2, 0) is 9.59 Å². The van der Waals surface area contributed by atoms with Crippen LogP contribution in [0.4, 0.5) is 0 Å². The lowest BCUT2D eigenvalue weighted by Crippen LogP contribution is -2.56. The number of carbonyl (C=O) groups is 2. The zero-order valence-corrected chi connectivity index (χ0v) is 11.0. The third-order valence-electron chi connectivity index (χ3n) is 3.22. The fourth-order valence-electron chi connectivity index (χ4n) is 2.21. The van der Waals surface area contributed by atoms with Gasteiger partial charge < -0.3 is 10.2 Å². The summed E-state index contributed by atoms with van der Waals surface area (Å²) >= 11 is 0. The minimum absolute atomic E-state index is 0.0600. The molecule has 1 heterocycles. The first-order valence-corrected chi connectivity index (χ1v) is 6.54. The highest BCUT2D eigenvalue weighted by molar-refractivity contribution is 5.96. The van der Waals surface area contributed by atoms with E-state index in [0.717, 1.165) is 5.56 Å². The van der Waals surface area contributed by atoms with E-state index in [0.29, 0.717) is 19.5 Å². The Morgan fingerprint density at radius 1 is 1.42 bits per heavy atom. The van der Waals surface area contributed by atoms with Crippen molar-refractivity contribution in [3.8, 4) is 0 Å². The van der Waals surface area contributed by atoms with Crippen LogP contribution in [0, 0.1) is 0 Å². The van der Waals surface area contributed by atoms with Crippen LogP contribution in [0.25, 0.3) is 6.08 Å². The van der Waals surface area contributed by atoms with Gasteiger partial charge in [-0.2, -0.15) is 0 Å². The maximum absolute atomic E-state index is 12.1. The number of nitrogens with zero attached hydrogens (tertiary/aromatic N) is 1. The van der Waals surface area contributed by atoms with Gasteiger partial charge in [0.05, 0.1) is 0 Å². The molecule has 1 aromatic carbocycles. The summed E-state index contributed by atoms with van der Waals surface area (Å²) < 4.78 is 0. The summed E-state index contributed by atoms with van der Waals surface area (Å²) in [7, 11) is 0. The highest BCUT2D eigenvalue weighted by atomic mass is 16.2. The van der Waals surface area contributed by atoms with Gasteiger partial charge >= 0.3 is 0 Å². The van der Waals surface area contributed by atoms with Crippen LogP contribution in [0.3, 0.4) is 0 Å². The van der Waals surface area contributed by atoms with E-state index in [1.807, 2.05) is 37.3 Å². The van der Waals surface area contributed by atoms with E-state index in [2.05, 4.69) is 5.32 Å². The molecule has 0 spiro atoms. The number of rotatable bonds is 3. The molecule has 0 unspecified atom stereocenters. The largest absolute Gasteiger partial charge is 0.353 e. The molecule has 0 aliphatic carbocycles. The van der Waals surface area contributed by atoms with Gasteiger partial charge in [-0.15, -0.1) is 0 Å². The number of hydrogen-bond acceptors (Lipinski definition) is 2. The summed E-state index contributed by atoms with van der Waals surface area (Å²) in [5.41, 5.74) is 0.977. The second kappa shape index (κ2) is 6.18. The van der Waals surface area contributed by atoms with E-state index < -0.39 is 0 Å². The predicted molar refractivity (Wildman–Crippen MR) is 74.3 cm³/mol. The summed E-state index contributed by atoms with van der Waals surface area (Å²) in [5, 5.41) is 2.78. The smallest absolute Gasteiger partial charge is 0.247 e. The molecule has 0 radical (unpaired) electrons. The van der Waals surface area contributed by atoms with Gasteiger partial charge in [0.15, 0.2) is 0 Å². The number of carbonyl (C=O) groups excluding carboxylic acids is 2. The Hall–Kier alpha value is -2.10. The van der Waals surface area contributed by atoms with Crippen molar-refractivity contribution in [2.24, 2.45) is 0 Å². The fraction of sp³-hybridized carbons (Fsp3) is 0.333. The molecule has 4 heteroatoms. The van der Waals surface area contributed by atoms with Gasteiger partial charge in [0.2, 0.25) is 11.8 Å². The molecule has 1 aliphatic rings. The van der Waals surface area contributed by atoms with Crippen molar-refractivity contribution in [3.05, 3.63) is 42.0 Å². The molecule has 100 valence electrons. The number of amides is 2. The van der Waals surface area contributed by atoms with Gasteiger partial charge in [-0.1, -0.05) is 37.3 Å². The van der Waals surface area contributed by atoms with Crippen LogP contribution in [0.5, 0.6) is 0 Å². The van der Waals surface area contributed by atoms with Gasteiger partial charge in [-0.05, 0) is 18.1 Å². The normalized spacial score (nSPS) is 19.5. The van der Waals surface area contributed by atoms with Gasteiger partial charge in [-0.3, -0.25) is 9.59 Å². The standard InChI is InChI=1S/C15H18N2O2/c1-2-13-15(19)16-10-11-17(13)14(18)9-8-12-6-4-3-5-7-12/h3-9,13H,2,10-11H2,1H3,(H,16,19)/b9-8+/t13-/m1/s1. The van der Waals surface area contributed by atoms with Gasteiger partial charge in [0, 0.05) is 19.2 Å². The highest BCUT2D eigenvalue weighted by Gasteiger charge is 2.30. The monoisotopic (exact) mass is 258 g/mol. The lowest BCUT2D eigenvalue weighted by molar-refractivity contribution is -0.140. The van der Waals surface area contributed by atoms with E-state index in [-0.39, 0.29) is 17.9 Å². The van der Waals surface area contributed by atoms with E-state index in [4.69, 9.17) is 0 Å². The maximum atomic E-state index is 12.1. The lowest BCUT2D eigenvalue weighted by Gasteiger charge is -2.33. The van der Waals surface area contributed by atoms with Crippen molar-refractivity contribution in [3.63, 3.8) is 0 Å². The maximum Gasteiger partial charge on any atom is 0.247 e. The Labute approximate surface area is 113 Å². The molecule has 1 saturated heterocycles. The Kier molecular flexibility index (Phi) is 4.34. The molecular formula is C15H18N2O2. The highest BCUT2D eigenvalue weighted by Crippen LogP contribution is 2.10. The van der Waals surface area contributed by atoms with E-state index in [1.165, 1.54) is 6.08 Å². The van der Waals surface area contributed by atoms with Gasteiger partial charge in [0.1, 0.15) is 6.04 Å². The van der Waals surface area contributed by atoms with Crippen LogP contribution < -0.4 is 5.32 Å². The first kappa shape index (κ1) is 13.3. The Morgan fingerprint density at radius 2 is 2.16 bits per heavy atom. The lowest BCUT2D eigenvalue weighted by atomic mass is 10.1. The Morgan fingerprint density at radius 3 is 2.84 bits per heavy atom. The van der Waals surface area contributed by atoms with Crippen molar-refractivity contribution < 1.29 is 9.59 Å².